The van der Waals surface area contributed by atoms with Crippen molar-refractivity contribution in [2.24, 2.45) is 0 Å². The Morgan fingerprint density at radius 1 is 1.29 bits per heavy atom. The van der Waals surface area contributed by atoms with Crippen molar-refractivity contribution in [1.82, 2.24) is 4.98 Å². The monoisotopic (exact) mass is 247 g/mol. The van der Waals surface area contributed by atoms with Crippen LogP contribution in [-0.4, -0.2) is 4.98 Å². The molecule has 0 radical (unpaired) electrons. The maximum Gasteiger partial charge on any atom is 0.214 e. The average molecular weight is 248 g/mol. The van der Waals surface area contributed by atoms with E-state index < -0.39 is 5.95 Å². The smallest absolute Gasteiger partial charge is 0.214 e. The summed E-state index contributed by atoms with van der Waals surface area (Å²) in [6.07, 6.45) is 0. The van der Waals surface area contributed by atoms with Crippen molar-refractivity contribution < 1.29 is 4.39 Å². The maximum atomic E-state index is 12.9. The van der Waals surface area contributed by atoms with E-state index in [9.17, 15) is 4.39 Å². The molecule has 0 saturated carbocycles. The topological polar surface area (TPSA) is 48.7 Å². The van der Waals surface area contributed by atoms with E-state index in [1.807, 2.05) is 6.07 Å². The lowest BCUT2D eigenvalue weighted by atomic mass is 10.2. The van der Waals surface area contributed by atoms with Crippen molar-refractivity contribution in [3.63, 3.8) is 0 Å². The summed E-state index contributed by atoms with van der Waals surface area (Å²) in [5, 5.41) is 12.3. The van der Waals surface area contributed by atoms with Gasteiger partial charge in [-0.2, -0.15) is 9.65 Å². The summed E-state index contributed by atoms with van der Waals surface area (Å²) < 4.78 is 12.9. The lowest BCUT2D eigenvalue weighted by Gasteiger charge is -2.07. The molecule has 1 aromatic carbocycles. The standard InChI is InChI=1S/C12H7ClFN3/c13-9-5-4-8(7-15)10(6-9)16-12-3-1-2-11(14)17-12/h1-6H,(H,16,17). The summed E-state index contributed by atoms with van der Waals surface area (Å²) in [7, 11) is 0. The zero-order valence-electron chi connectivity index (χ0n) is 8.61. The molecule has 17 heavy (non-hydrogen) atoms. The van der Waals surface area contributed by atoms with E-state index >= 15 is 0 Å². The molecule has 0 amide bonds. The van der Waals surface area contributed by atoms with Gasteiger partial charge in [0.15, 0.2) is 0 Å². The van der Waals surface area contributed by atoms with Gasteiger partial charge in [0.2, 0.25) is 5.95 Å². The largest absolute Gasteiger partial charge is 0.339 e. The molecule has 0 saturated heterocycles. The van der Waals surface area contributed by atoms with Gasteiger partial charge in [0.25, 0.3) is 0 Å². The molecule has 1 heterocycles. The van der Waals surface area contributed by atoms with Gasteiger partial charge in [-0.15, -0.1) is 0 Å². The van der Waals surface area contributed by atoms with Gasteiger partial charge in [0.05, 0.1) is 11.3 Å². The van der Waals surface area contributed by atoms with Gasteiger partial charge in [-0.3, -0.25) is 0 Å². The minimum Gasteiger partial charge on any atom is -0.339 e. The Hall–Kier alpha value is -2.12. The number of anilines is 2. The Morgan fingerprint density at radius 3 is 2.82 bits per heavy atom. The third-order valence-electron chi connectivity index (χ3n) is 2.08. The zero-order valence-corrected chi connectivity index (χ0v) is 9.37. The molecule has 3 nitrogen and oxygen atoms in total. The van der Waals surface area contributed by atoms with Crippen LogP contribution in [0.15, 0.2) is 36.4 Å². The van der Waals surface area contributed by atoms with Crippen LogP contribution in [0.2, 0.25) is 5.02 Å². The van der Waals surface area contributed by atoms with Crippen LogP contribution >= 0.6 is 11.6 Å². The van der Waals surface area contributed by atoms with Crippen LogP contribution in [0.4, 0.5) is 15.9 Å². The van der Waals surface area contributed by atoms with E-state index in [0.29, 0.717) is 22.1 Å². The molecule has 0 bridgehead atoms. The first-order chi connectivity index (χ1) is 8.19. The van der Waals surface area contributed by atoms with Gasteiger partial charge in [-0.1, -0.05) is 17.7 Å². The Morgan fingerprint density at radius 2 is 2.12 bits per heavy atom. The van der Waals surface area contributed by atoms with Crippen LogP contribution in [0.3, 0.4) is 0 Å². The summed E-state index contributed by atoms with van der Waals surface area (Å²) in [6, 6.07) is 11.2. The minimum atomic E-state index is -0.587. The molecule has 0 aliphatic rings. The van der Waals surface area contributed by atoms with Crippen molar-refractivity contribution in [2.75, 3.05) is 5.32 Å². The first kappa shape index (κ1) is 11.4. The fourth-order valence-electron chi connectivity index (χ4n) is 1.33. The Bertz CT molecular complexity index is 593. The van der Waals surface area contributed by atoms with Crippen LogP contribution in [0.25, 0.3) is 0 Å². The Balaban J connectivity index is 2.36. The zero-order chi connectivity index (χ0) is 12.3. The van der Waals surface area contributed by atoms with E-state index in [2.05, 4.69) is 10.3 Å². The lowest BCUT2D eigenvalue weighted by Crippen LogP contribution is -1.97. The molecular formula is C12H7ClFN3. The third kappa shape index (κ3) is 2.71. The van der Waals surface area contributed by atoms with Gasteiger partial charge in [-0.25, -0.2) is 4.98 Å². The van der Waals surface area contributed by atoms with Crippen molar-refractivity contribution in [1.29, 1.82) is 5.26 Å². The number of halogens is 2. The molecule has 1 aromatic heterocycles. The molecule has 0 aliphatic carbocycles. The number of rotatable bonds is 2. The SMILES string of the molecule is N#Cc1ccc(Cl)cc1Nc1cccc(F)n1. The van der Waals surface area contributed by atoms with Gasteiger partial charge in [-0.05, 0) is 30.3 Å². The summed E-state index contributed by atoms with van der Waals surface area (Å²) in [5.41, 5.74) is 0.915. The number of nitriles is 1. The Kier molecular flexibility index (Phi) is 3.22. The van der Waals surface area contributed by atoms with Crippen LogP contribution in [0, 0.1) is 17.3 Å². The third-order valence-corrected chi connectivity index (χ3v) is 2.32. The normalized spacial score (nSPS) is 9.71. The van der Waals surface area contributed by atoms with E-state index in [1.165, 1.54) is 12.1 Å². The molecule has 5 heteroatoms. The summed E-state index contributed by atoms with van der Waals surface area (Å²) in [5.74, 6) is -0.265. The van der Waals surface area contributed by atoms with Crippen LogP contribution in [0.5, 0.6) is 0 Å². The predicted octanol–water partition coefficient (Wildman–Crippen LogP) is 3.49. The molecule has 2 rings (SSSR count). The highest BCUT2D eigenvalue weighted by atomic mass is 35.5. The molecule has 0 unspecified atom stereocenters. The number of hydrogen-bond acceptors (Lipinski definition) is 3. The Labute approximate surface area is 102 Å². The first-order valence-corrected chi connectivity index (χ1v) is 5.16. The number of aromatic nitrogens is 1. The second kappa shape index (κ2) is 4.81. The number of pyridine rings is 1. The van der Waals surface area contributed by atoms with Gasteiger partial charge < -0.3 is 5.32 Å². The quantitative estimate of drug-likeness (QED) is 0.827. The summed E-state index contributed by atoms with van der Waals surface area (Å²) in [6.45, 7) is 0. The van der Waals surface area contributed by atoms with E-state index in [-0.39, 0.29) is 0 Å². The maximum absolute atomic E-state index is 12.9. The molecule has 0 fully saturated rings. The van der Waals surface area contributed by atoms with Gasteiger partial charge in [0.1, 0.15) is 11.9 Å². The molecule has 0 atom stereocenters. The first-order valence-electron chi connectivity index (χ1n) is 4.78. The van der Waals surface area contributed by atoms with Crippen LogP contribution in [0.1, 0.15) is 5.56 Å². The summed E-state index contributed by atoms with van der Waals surface area (Å²) >= 11 is 5.83. The van der Waals surface area contributed by atoms with Gasteiger partial charge in [0, 0.05) is 5.02 Å². The minimum absolute atomic E-state index is 0.323. The van der Waals surface area contributed by atoms with Gasteiger partial charge >= 0.3 is 0 Å². The molecule has 2 aromatic rings. The van der Waals surface area contributed by atoms with Crippen molar-refractivity contribution in [2.45, 2.75) is 0 Å². The lowest BCUT2D eigenvalue weighted by molar-refractivity contribution is 0.585. The molecule has 84 valence electrons. The molecule has 1 N–H and O–H groups in total. The average Bonchev–Trinajstić information content (AvgIpc) is 2.29. The molecule has 0 aliphatic heterocycles. The number of hydrogen-bond donors (Lipinski definition) is 1. The van der Waals surface area contributed by atoms with E-state index in [4.69, 9.17) is 16.9 Å². The van der Waals surface area contributed by atoms with Crippen molar-refractivity contribution in [3.05, 3.63) is 52.9 Å². The number of nitrogens with one attached hydrogen (secondary N) is 1. The second-order valence-corrected chi connectivity index (χ2v) is 3.71. The van der Waals surface area contributed by atoms with E-state index in [0.717, 1.165) is 0 Å². The highest BCUT2D eigenvalue weighted by molar-refractivity contribution is 6.30. The fourth-order valence-corrected chi connectivity index (χ4v) is 1.51. The molecular weight excluding hydrogens is 241 g/mol. The predicted molar refractivity (Wildman–Crippen MR) is 63.6 cm³/mol. The molecule has 0 spiro atoms. The second-order valence-electron chi connectivity index (χ2n) is 3.27. The van der Waals surface area contributed by atoms with E-state index in [1.54, 1.807) is 24.3 Å². The van der Waals surface area contributed by atoms with Crippen LogP contribution in [-0.2, 0) is 0 Å². The van der Waals surface area contributed by atoms with Crippen molar-refractivity contribution in [3.8, 4) is 6.07 Å². The van der Waals surface area contributed by atoms with Crippen LogP contribution < -0.4 is 5.32 Å². The number of benzene rings is 1. The number of nitrogens with zero attached hydrogens (tertiary/aromatic N) is 2. The highest BCUT2D eigenvalue weighted by Gasteiger charge is 2.04. The highest BCUT2D eigenvalue weighted by Crippen LogP contribution is 2.23. The fraction of sp³-hybridized carbons (Fsp3) is 0. The van der Waals surface area contributed by atoms with Crippen molar-refractivity contribution >= 4 is 23.1 Å². The summed E-state index contributed by atoms with van der Waals surface area (Å²) in [4.78, 5) is 3.64.